The van der Waals surface area contributed by atoms with Crippen molar-refractivity contribution in [2.75, 3.05) is 24.7 Å². The maximum atomic E-state index is 13.6. The van der Waals surface area contributed by atoms with E-state index >= 15 is 0 Å². The van der Waals surface area contributed by atoms with Crippen LogP contribution >= 0.6 is 11.8 Å². The average molecular weight is 744 g/mol. The van der Waals surface area contributed by atoms with Crippen LogP contribution in [0.2, 0.25) is 0 Å². The van der Waals surface area contributed by atoms with Crippen LogP contribution in [0.25, 0.3) is 11.1 Å². The molecule has 11 nitrogen and oxygen atoms in total. The molecule has 3 atom stereocenters. The minimum atomic E-state index is -1.18. The highest BCUT2D eigenvalue weighted by atomic mass is 32.2. The Bertz CT molecular complexity index is 1640. The third kappa shape index (κ3) is 13.0. The first kappa shape index (κ1) is 41.1. The Morgan fingerprint density at radius 1 is 0.811 bits per heavy atom. The number of nitrogens with two attached hydrogens (primary N) is 1. The van der Waals surface area contributed by atoms with E-state index in [2.05, 4.69) is 47.1 Å². The average Bonchev–Trinajstić information content (AvgIpc) is 3.68. The molecule has 12 heteroatoms. The van der Waals surface area contributed by atoms with Crippen LogP contribution in [-0.4, -0.2) is 82.4 Å². The standard InChI is InChI=1S/C41H53N5O6S/c1-2-29-15-18-31(19-16-29)32-20-22-33(23-21-32)38(48)43-26-10-8-13-35(41(51)52)45-39(49)34(24-17-30-11-5-3-6-12-30)44-40(50)36-27-53-28-46(36)37(47)14-7-4-9-25-42/h3,5-6,11-12,15-16,18-23,34-36H,2,4,7-10,13-14,17,24-28,42H2,1H3,(H,43,48)(H,44,50)(H,45,49)(H,51,52)/t34-,35-,36?/m0/s1. The van der Waals surface area contributed by atoms with Crippen molar-refractivity contribution in [2.45, 2.75) is 89.3 Å². The molecule has 1 heterocycles. The predicted octanol–water partition coefficient (Wildman–Crippen LogP) is 4.92. The summed E-state index contributed by atoms with van der Waals surface area (Å²) >= 11 is 1.48. The summed E-state index contributed by atoms with van der Waals surface area (Å²) in [5.74, 6) is -1.71. The number of carboxylic acid groups (broad SMARTS) is 1. The van der Waals surface area contributed by atoms with E-state index < -0.39 is 35.9 Å². The molecule has 6 N–H and O–H groups in total. The maximum absolute atomic E-state index is 13.6. The number of carbonyl (C=O) groups excluding carboxylic acids is 4. The smallest absolute Gasteiger partial charge is 0.326 e. The lowest BCUT2D eigenvalue weighted by molar-refractivity contribution is -0.143. The molecule has 0 bridgehead atoms. The number of hydrogen-bond acceptors (Lipinski definition) is 7. The van der Waals surface area contributed by atoms with E-state index in [1.54, 1.807) is 17.0 Å². The minimum absolute atomic E-state index is 0.106. The van der Waals surface area contributed by atoms with Crippen LogP contribution < -0.4 is 21.7 Å². The van der Waals surface area contributed by atoms with Gasteiger partial charge in [-0.15, -0.1) is 11.8 Å². The molecule has 4 amide bonds. The van der Waals surface area contributed by atoms with Gasteiger partial charge in [0.25, 0.3) is 5.91 Å². The Morgan fingerprint density at radius 2 is 1.51 bits per heavy atom. The molecule has 3 aromatic rings. The monoisotopic (exact) mass is 743 g/mol. The molecule has 0 radical (unpaired) electrons. The molecule has 0 saturated carbocycles. The first-order valence-corrected chi connectivity index (χ1v) is 19.8. The molecule has 1 aliphatic heterocycles. The second-order valence-electron chi connectivity index (χ2n) is 13.3. The van der Waals surface area contributed by atoms with Gasteiger partial charge in [-0.25, -0.2) is 4.79 Å². The lowest BCUT2D eigenvalue weighted by Gasteiger charge is -2.26. The van der Waals surface area contributed by atoms with Gasteiger partial charge in [0.1, 0.15) is 18.1 Å². The third-order valence-corrected chi connectivity index (χ3v) is 10.5. The SMILES string of the molecule is CCc1ccc(-c2ccc(C(=O)NCCCC[C@H](NC(=O)[C@H](CCc3ccccc3)NC(=O)C3CSCN3C(=O)CCCCCN)C(=O)O)cc2)cc1. The molecule has 3 aromatic carbocycles. The van der Waals surface area contributed by atoms with Gasteiger partial charge >= 0.3 is 5.97 Å². The number of carbonyl (C=O) groups is 5. The summed E-state index contributed by atoms with van der Waals surface area (Å²) in [4.78, 5) is 66.6. The molecular formula is C41H53N5O6S. The number of unbranched alkanes of at least 4 members (excludes halogenated alkanes) is 3. The fraction of sp³-hybridized carbons (Fsp3) is 0.439. The van der Waals surface area contributed by atoms with E-state index in [1.165, 1.54) is 17.3 Å². The number of rotatable bonds is 21. The van der Waals surface area contributed by atoms with Crippen LogP contribution in [0.1, 0.15) is 79.8 Å². The molecule has 1 aliphatic rings. The van der Waals surface area contributed by atoms with Crippen molar-refractivity contribution in [3.8, 4) is 11.1 Å². The van der Waals surface area contributed by atoms with Crippen LogP contribution in [-0.2, 0) is 32.0 Å². The third-order valence-electron chi connectivity index (χ3n) is 9.46. The zero-order valence-corrected chi connectivity index (χ0v) is 31.4. The van der Waals surface area contributed by atoms with Crippen molar-refractivity contribution in [3.05, 3.63) is 95.6 Å². The number of nitrogens with zero attached hydrogens (tertiary/aromatic N) is 1. The predicted molar refractivity (Wildman–Crippen MR) is 209 cm³/mol. The van der Waals surface area contributed by atoms with Gasteiger partial charge in [0.05, 0.1) is 5.88 Å². The Kier molecular flexibility index (Phi) is 16.9. The molecular weight excluding hydrogens is 691 g/mol. The van der Waals surface area contributed by atoms with E-state index in [0.717, 1.165) is 36.0 Å². The summed E-state index contributed by atoms with van der Waals surface area (Å²) in [5, 5.41) is 18.3. The first-order valence-electron chi connectivity index (χ1n) is 18.6. The number of aliphatic carboxylic acids is 1. The van der Waals surface area contributed by atoms with Crippen molar-refractivity contribution >= 4 is 41.4 Å². The molecule has 0 aliphatic carbocycles. The summed E-state index contributed by atoms with van der Waals surface area (Å²) < 4.78 is 0. The van der Waals surface area contributed by atoms with Gasteiger partial charge in [-0.05, 0) is 92.3 Å². The second-order valence-corrected chi connectivity index (χ2v) is 14.3. The zero-order valence-electron chi connectivity index (χ0n) is 30.6. The Morgan fingerprint density at radius 3 is 2.17 bits per heavy atom. The quantitative estimate of drug-likeness (QED) is 0.0958. The number of hydrogen-bond donors (Lipinski definition) is 5. The normalized spacial score (nSPS) is 15.0. The number of aryl methyl sites for hydroxylation is 2. The minimum Gasteiger partial charge on any atom is -0.480 e. The van der Waals surface area contributed by atoms with E-state index in [-0.39, 0.29) is 24.7 Å². The Labute approximate surface area is 316 Å². The van der Waals surface area contributed by atoms with Crippen molar-refractivity contribution in [3.63, 3.8) is 0 Å². The summed E-state index contributed by atoms with van der Waals surface area (Å²) in [7, 11) is 0. The van der Waals surface area contributed by atoms with Crippen molar-refractivity contribution < 1.29 is 29.1 Å². The van der Waals surface area contributed by atoms with Gasteiger partial charge in [0.2, 0.25) is 17.7 Å². The summed E-state index contributed by atoms with van der Waals surface area (Å²) in [6, 6.07) is 22.4. The van der Waals surface area contributed by atoms with E-state index in [0.29, 0.717) is 62.4 Å². The van der Waals surface area contributed by atoms with Crippen molar-refractivity contribution in [2.24, 2.45) is 5.73 Å². The highest BCUT2D eigenvalue weighted by molar-refractivity contribution is 7.99. The number of benzene rings is 3. The van der Waals surface area contributed by atoms with E-state index in [1.807, 2.05) is 42.5 Å². The lowest BCUT2D eigenvalue weighted by atomic mass is 10.0. The highest BCUT2D eigenvalue weighted by Gasteiger charge is 2.36. The summed E-state index contributed by atoms with van der Waals surface area (Å²) in [5.41, 5.74) is 10.4. The number of carboxylic acids is 1. The van der Waals surface area contributed by atoms with E-state index in [9.17, 15) is 29.1 Å². The molecule has 1 fully saturated rings. The molecule has 0 spiro atoms. The lowest BCUT2D eigenvalue weighted by Crippen LogP contribution is -2.56. The van der Waals surface area contributed by atoms with Crippen LogP contribution in [0, 0.1) is 0 Å². The first-order chi connectivity index (χ1) is 25.7. The van der Waals surface area contributed by atoms with Gasteiger partial charge in [-0.3, -0.25) is 19.2 Å². The Hall–Kier alpha value is -4.68. The van der Waals surface area contributed by atoms with Crippen LogP contribution in [0.5, 0.6) is 0 Å². The molecule has 1 saturated heterocycles. The second kappa shape index (κ2) is 21.8. The highest BCUT2D eigenvalue weighted by Crippen LogP contribution is 2.23. The zero-order chi connectivity index (χ0) is 38.0. The van der Waals surface area contributed by atoms with Crippen molar-refractivity contribution in [1.29, 1.82) is 0 Å². The molecule has 53 heavy (non-hydrogen) atoms. The fourth-order valence-corrected chi connectivity index (χ4v) is 7.37. The van der Waals surface area contributed by atoms with E-state index in [4.69, 9.17) is 5.73 Å². The largest absolute Gasteiger partial charge is 0.480 e. The van der Waals surface area contributed by atoms with Gasteiger partial charge in [0.15, 0.2) is 0 Å². The van der Waals surface area contributed by atoms with Crippen LogP contribution in [0.4, 0.5) is 0 Å². The van der Waals surface area contributed by atoms with Gasteiger partial charge in [-0.1, -0.05) is 80.1 Å². The molecule has 284 valence electrons. The van der Waals surface area contributed by atoms with Crippen molar-refractivity contribution in [1.82, 2.24) is 20.9 Å². The number of thioether (sulfide) groups is 1. The van der Waals surface area contributed by atoms with Gasteiger partial charge < -0.3 is 31.7 Å². The van der Waals surface area contributed by atoms with Crippen LogP contribution in [0.3, 0.4) is 0 Å². The van der Waals surface area contributed by atoms with Crippen LogP contribution in [0.15, 0.2) is 78.9 Å². The topological polar surface area (TPSA) is 171 Å². The molecule has 1 unspecified atom stereocenters. The van der Waals surface area contributed by atoms with Gasteiger partial charge in [-0.2, -0.15) is 0 Å². The summed E-state index contributed by atoms with van der Waals surface area (Å²) in [6.07, 6.45) is 5.49. The molecule has 4 rings (SSSR count). The maximum Gasteiger partial charge on any atom is 0.326 e. The van der Waals surface area contributed by atoms with Gasteiger partial charge in [0, 0.05) is 24.3 Å². The molecule has 0 aromatic heterocycles. The number of amides is 4. The number of nitrogens with one attached hydrogen (secondary N) is 3. The fourth-order valence-electron chi connectivity index (χ4n) is 6.19. The summed E-state index contributed by atoms with van der Waals surface area (Å²) in [6.45, 7) is 3.02. The Balaban J connectivity index is 1.28.